The third-order valence-corrected chi connectivity index (χ3v) is 3.26. The van der Waals surface area contributed by atoms with Crippen molar-refractivity contribution in [1.29, 1.82) is 0 Å². The monoisotopic (exact) mass is 369 g/mol. The van der Waals surface area contributed by atoms with Crippen LogP contribution in [-0.4, -0.2) is 39.1 Å². The molecular weight excluding hydrogens is 355 g/mol. The minimum absolute atomic E-state index is 0.00519. The van der Waals surface area contributed by atoms with Crippen molar-refractivity contribution in [3.63, 3.8) is 0 Å². The predicted molar refractivity (Wildman–Crippen MR) is 73.7 cm³/mol. The number of hydrogen-bond acceptors (Lipinski definition) is 4. The van der Waals surface area contributed by atoms with Crippen LogP contribution in [0.2, 0.25) is 0 Å². The van der Waals surface area contributed by atoms with Gasteiger partial charge in [0.15, 0.2) is 11.5 Å². The van der Waals surface area contributed by atoms with Crippen molar-refractivity contribution in [3.05, 3.63) is 22.2 Å². The zero-order chi connectivity index (χ0) is 15.3. The molecule has 118 valence electrons. The van der Waals surface area contributed by atoms with Gasteiger partial charge in [-0.1, -0.05) is 0 Å². The minimum atomic E-state index is -4.28. The summed E-state index contributed by atoms with van der Waals surface area (Å²) >= 11 is 3.41. The highest BCUT2D eigenvalue weighted by Crippen LogP contribution is 2.38. The van der Waals surface area contributed by atoms with Gasteiger partial charge in [0.05, 0.1) is 11.1 Å². The zero-order valence-corrected chi connectivity index (χ0v) is 12.7. The van der Waals surface area contributed by atoms with Gasteiger partial charge in [-0.15, -0.1) is 0 Å². The fraction of sp³-hybridized carbons (Fsp3) is 0.538. The van der Waals surface area contributed by atoms with Crippen LogP contribution in [0.15, 0.2) is 16.6 Å². The molecule has 0 saturated carbocycles. The summed E-state index contributed by atoms with van der Waals surface area (Å²) in [4.78, 5) is 0. The number of ether oxygens (including phenoxy) is 3. The lowest BCUT2D eigenvalue weighted by atomic mass is 10.2. The lowest BCUT2D eigenvalue weighted by molar-refractivity contribution is -0.173. The third-order valence-electron chi connectivity index (χ3n) is 2.67. The number of fused-ring (bicyclic) bond motifs is 1. The van der Waals surface area contributed by atoms with Crippen LogP contribution in [0.4, 0.5) is 13.2 Å². The quantitative estimate of drug-likeness (QED) is 0.782. The van der Waals surface area contributed by atoms with E-state index in [4.69, 9.17) is 9.47 Å². The molecule has 0 amide bonds. The van der Waals surface area contributed by atoms with Gasteiger partial charge in [-0.3, -0.25) is 0 Å². The molecule has 1 N–H and O–H groups in total. The Morgan fingerprint density at radius 2 is 2.00 bits per heavy atom. The van der Waals surface area contributed by atoms with Gasteiger partial charge in [-0.2, -0.15) is 13.2 Å². The summed E-state index contributed by atoms with van der Waals surface area (Å²) in [7, 11) is 0. The van der Waals surface area contributed by atoms with Crippen molar-refractivity contribution in [1.82, 2.24) is 5.32 Å². The Hall–Kier alpha value is -0.990. The number of benzene rings is 1. The molecule has 0 fully saturated rings. The zero-order valence-electron chi connectivity index (χ0n) is 11.1. The Balaban J connectivity index is 1.75. The van der Waals surface area contributed by atoms with Crippen molar-refractivity contribution >= 4 is 15.9 Å². The highest BCUT2D eigenvalue weighted by Gasteiger charge is 2.27. The van der Waals surface area contributed by atoms with E-state index in [1.165, 1.54) is 0 Å². The number of hydrogen-bond donors (Lipinski definition) is 1. The highest BCUT2D eigenvalue weighted by molar-refractivity contribution is 9.10. The van der Waals surface area contributed by atoms with E-state index in [0.717, 1.165) is 10.0 Å². The molecule has 4 nitrogen and oxygen atoms in total. The van der Waals surface area contributed by atoms with Crippen molar-refractivity contribution in [2.24, 2.45) is 0 Å². The molecule has 1 aromatic carbocycles. The molecule has 1 heterocycles. The van der Waals surface area contributed by atoms with Crippen LogP contribution in [0.5, 0.6) is 11.5 Å². The molecule has 0 aromatic heterocycles. The smallest absolute Gasteiger partial charge is 0.411 e. The Morgan fingerprint density at radius 3 is 2.76 bits per heavy atom. The molecule has 1 aromatic rings. The Bertz CT molecular complexity index is 482. The van der Waals surface area contributed by atoms with Crippen LogP contribution in [0.1, 0.15) is 5.56 Å². The summed E-state index contributed by atoms with van der Waals surface area (Å²) in [6, 6.07) is 3.74. The second-order valence-electron chi connectivity index (χ2n) is 4.45. The number of rotatable bonds is 6. The van der Waals surface area contributed by atoms with Crippen LogP contribution in [-0.2, 0) is 11.3 Å². The molecular formula is C13H15BrF3NO3. The molecule has 1 aliphatic heterocycles. The molecule has 8 heteroatoms. The van der Waals surface area contributed by atoms with Gasteiger partial charge in [0, 0.05) is 13.1 Å². The summed E-state index contributed by atoms with van der Waals surface area (Å²) in [6.07, 6.45) is -4.28. The second kappa shape index (κ2) is 7.33. The van der Waals surface area contributed by atoms with Crippen LogP contribution in [0.3, 0.4) is 0 Å². The van der Waals surface area contributed by atoms with E-state index in [1.807, 2.05) is 12.1 Å². The molecule has 1 aliphatic rings. The van der Waals surface area contributed by atoms with E-state index in [2.05, 4.69) is 26.0 Å². The fourth-order valence-electron chi connectivity index (χ4n) is 1.83. The van der Waals surface area contributed by atoms with E-state index in [9.17, 15) is 13.2 Å². The largest absolute Gasteiger partial charge is 0.486 e. The lowest BCUT2D eigenvalue weighted by Gasteiger charge is -2.20. The average molecular weight is 370 g/mol. The number of nitrogens with one attached hydrogen (secondary N) is 1. The maximum Gasteiger partial charge on any atom is 0.411 e. The van der Waals surface area contributed by atoms with E-state index in [-0.39, 0.29) is 6.61 Å². The molecule has 0 spiro atoms. The highest BCUT2D eigenvalue weighted by atomic mass is 79.9. The molecule has 0 saturated heterocycles. The molecule has 21 heavy (non-hydrogen) atoms. The summed E-state index contributed by atoms with van der Waals surface area (Å²) in [5.41, 5.74) is 0.946. The fourth-order valence-corrected chi connectivity index (χ4v) is 2.44. The summed E-state index contributed by atoms with van der Waals surface area (Å²) in [5, 5.41) is 3.01. The van der Waals surface area contributed by atoms with Gasteiger partial charge in [0.25, 0.3) is 0 Å². The van der Waals surface area contributed by atoms with Crippen molar-refractivity contribution < 1.29 is 27.4 Å². The van der Waals surface area contributed by atoms with Crippen LogP contribution in [0, 0.1) is 0 Å². The van der Waals surface area contributed by atoms with Crippen molar-refractivity contribution in [3.8, 4) is 11.5 Å². The van der Waals surface area contributed by atoms with Crippen molar-refractivity contribution in [2.45, 2.75) is 12.7 Å². The van der Waals surface area contributed by atoms with Crippen LogP contribution < -0.4 is 14.8 Å². The first kappa shape index (κ1) is 16.4. The third kappa shape index (κ3) is 5.37. The molecule has 0 aliphatic carbocycles. The van der Waals surface area contributed by atoms with Crippen molar-refractivity contribution in [2.75, 3.05) is 33.0 Å². The van der Waals surface area contributed by atoms with E-state index in [0.29, 0.717) is 37.8 Å². The molecule has 0 unspecified atom stereocenters. The normalized spacial score (nSPS) is 14.3. The topological polar surface area (TPSA) is 39.7 Å². The first-order valence-corrected chi connectivity index (χ1v) is 7.18. The Kier molecular flexibility index (Phi) is 5.72. The SMILES string of the molecule is FC(F)(F)COCCNCc1cc(Br)c2c(c1)OCCO2. The Morgan fingerprint density at radius 1 is 1.24 bits per heavy atom. The van der Waals surface area contributed by atoms with Gasteiger partial charge in [0.1, 0.15) is 19.8 Å². The van der Waals surface area contributed by atoms with Gasteiger partial charge in [-0.25, -0.2) is 0 Å². The first-order chi connectivity index (χ1) is 9.96. The minimum Gasteiger partial charge on any atom is -0.486 e. The van der Waals surface area contributed by atoms with E-state index < -0.39 is 12.8 Å². The van der Waals surface area contributed by atoms with Crippen LogP contribution in [0.25, 0.3) is 0 Å². The van der Waals surface area contributed by atoms with Gasteiger partial charge >= 0.3 is 6.18 Å². The molecule has 0 radical (unpaired) electrons. The number of halogens is 4. The van der Waals surface area contributed by atoms with Crippen LogP contribution >= 0.6 is 15.9 Å². The molecule has 2 rings (SSSR count). The first-order valence-electron chi connectivity index (χ1n) is 6.39. The standard InChI is InChI=1S/C13H15BrF3NO3/c14-10-5-9(6-11-12(10)21-4-3-20-11)7-18-1-2-19-8-13(15,16)17/h5-6,18H,1-4,7-8H2. The van der Waals surface area contributed by atoms with E-state index >= 15 is 0 Å². The van der Waals surface area contributed by atoms with Gasteiger partial charge in [0.2, 0.25) is 0 Å². The summed E-state index contributed by atoms with van der Waals surface area (Å²) in [5.74, 6) is 1.35. The average Bonchev–Trinajstić information content (AvgIpc) is 2.41. The lowest BCUT2D eigenvalue weighted by Crippen LogP contribution is -2.23. The summed E-state index contributed by atoms with van der Waals surface area (Å²) < 4.78 is 51.9. The second-order valence-corrected chi connectivity index (χ2v) is 5.30. The van der Waals surface area contributed by atoms with Gasteiger partial charge < -0.3 is 19.5 Å². The maximum atomic E-state index is 11.9. The summed E-state index contributed by atoms with van der Waals surface area (Å²) in [6.45, 7) is 0.642. The maximum absolute atomic E-state index is 11.9. The molecule has 0 atom stereocenters. The van der Waals surface area contributed by atoms with E-state index in [1.54, 1.807) is 0 Å². The Labute approximate surface area is 128 Å². The predicted octanol–water partition coefficient (Wildman–Crippen LogP) is 2.89. The van der Waals surface area contributed by atoms with Gasteiger partial charge in [-0.05, 0) is 33.6 Å². The number of alkyl halides is 3. The molecule has 0 bridgehead atoms.